The van der Waals surface area contributed by atoms with Crippen molar-refractivity contribution in [3.05, 3.63) is 54.1 Å². The second-order valence-electron chi connectivity index (χ2n) is 4.11. The smallest absolute Gasteiger partial charge is 0.870 e. The second-order valence-corrected chi connectivity index (χ2v) is 4.52. The Labute approximate surface area is 150 Å². The Kier molecular flexibility index (Phi) is 9.59. The number of hydrogen-bond donors (Lipinski definition) is 2. The molecule has 0 aliphatic rings. The van der Waals surface area contributed by atoms with Gasteiger partial charge in [0.15, 0.2) is 5.11 Å². The van der Waals surface area contributed by atoms with Crippen LogP contribution in [0.25, 0.3) is 0 Å². The Hall–Kier alpha value is -2.13. The van der Waals surface area contributed by atoms with Gasteiger partial charge in [0.1, 0.15) is 0 Å². The molecule has 23 heavy (non-hydrogen) atoms. The van der Waals surface area contributed by atoms with Gasteiger partial charge in [-0.3, -0.25) is 5.43 Å². The SMILES string of the molecule is COc1cccc(C=NNC(=S)Nc2ccccc2)c1[OH2+].[Co+2].[OH-]. The van der Waals surface area contributed by atoms with Crippen LogP contribution in [0.3, 0.4) is 0 Å². The molecule has 0 fully saturated rings. The third kappa shape index (κ3) is 6.24. The van der Waals surface area contributed by atoms with E-state index in [1.54, 1.807) is 18.2 Å². The predicted molar refractivity (Wildman–Crippen MR) is 91.4 cm³/mol. The molecule has 2 aromatic carbocycles. The normalized spacial score (nSPS) is 9.43. The van der Waals surface area contributed by atoms with Gasteiger partial charge >= 0.3 is 22.5 Å². The zero-order valence-electron chi connectivity index (χ0n) is 12.2. The van der Waals surface area contributed by atoms with Crippen LogP contribution in [0.5, 0.6) is 11.5 Å². The van der Waals surface area contributed by atoms with Crippen LogP contribution in [0, 0.1) is 0 Å². The van der Waals surface area contributed by atoms with Gasteiger partial charge in [-0.1, -0.05) is 24.3 Å². The van der Waals surface area contributed by atoms with Crippen LogP contribution in [-0.4, -0.2) is 29.0 Å². The maximum atomic E-state index is 7.92. The predicted octanol–water partition coefficient (Wildman–Crippen LogP) is 2.27. The molecule has 0 aliphatic heterocycles. The second kappa shape index (κ2) is 10.6. The number of ether oxygens (including phenoxy) is 1. The molecule has 5 N–H and O–H groups in total. The summed E-state index contributed by atoms with van der Waals surface area (Å²) in [7, 11) is 1.53. The maximum absolute atomic E-state index is 7.92. The quantitative estimate of drug-likeness (QED) is 0.368. The number of thiocarbonyl (C=S) groups is 1. The standard InChI is InChI=1S/C15H15N3O2S.Co.H2O/c1-20-13-9-5-6-11(14(13)19)10-16-18-15(21)17-12-7-3-2-4-8-12;;/h2-10,19H,1H3,(H2,17,18,21);;1H2/q;+2;. The molecule has 1 radical (unpaired) electrons. The maximum Gasteiger partial charge on any atom is 2.00 e. The van der Waals surface area contributed by atoms with Crippen molar-refractivity contribution in [3.8, 4) is 11.5 Å². The molecule has 0 bridgehead atoms. The van der Waals surface area contributed by atoms with Gasteiger partial charge in [-0.05, 0) is 36.5 Å². The zero-order valence-corrected chi connectivity index (χ0v) is 14.1. The van der Waals surface area contributed by atoms with Crippen LogP contribution < -0.4 is 15.5 Å². The molecule has 2 aromatic rings. The van der Waals surface area contributed by atoms with Crippen LogP contribution in [0.15, 0.2) is 53.6 Å². The van der Waals surface area contributed by atoms with Gasteiger partial charge < -0.3 is 20.6 Å². The zero-order chi connectivity index (χ0) is 15.1. The first-order chi connectivity index (χ1) is 10.2. The van der Waals surface area contributed by atoms with Crippen LogP contribution in [0.4, 0.5) is 5.69 Å². The van der Waals surface area contributed by atoms with Crippen molar-refractivity contribution < 1.29 is 32.1 Å². The fraction of sp³-hybridized carbons (Fsp3) is 0.0667. The topological polar surface area (TPSA) is 98.5 Å². The fourth-order valence-corrected chi connectivity index (χ4v) is 1.84. The van der Waals surface area contributed by atoms with E-state index in [4.69, 9.17) is 22.1 Å². The average Bonchev–Trinajstić information content (AvgIpc) is 2.50. The first-order valence-electron chi connectivity index (χ1n) is 6.24. The van der Waals surface area contributed by atoms with E-state index in [0.29, 0.717) is 16.4 Å². The van der Waals surface area contributed by atoms with Crippen molar-refractivity contribution in [3.63, 3.8) is 0 Å². The number of hydrazone groups is 1. The molecule has 0 unspecified atom stereocenters. The van der Waals surface area contributed by atoms with Crippen LogP contribution in [-0.2, 0) is 16.8 Å². The Bertz CT molecular complexity index is 654. The first kappa shape index (κ1) is 20.9. The summed E-state index contributed by atoms with van der Waals surface area (Å²) in [6, 6.07) is 14.9. The number of anilines is 1. The molecule has 6 nitrogen and oxygen atoms in total. The number of methoxy groups -OCH3 is 1. The molecule has 0 saturated carbocycles. The number of para-hydroxylation sites is 2. The number of benzene rings is 2. The van der Waals surface area contributed by atoms with E-state index in [0.717, 1.165) is 5.69 Å². The van der Waals surface area contributed by atoms with E-state index in [2.05, 4.69) is 15.8 Å². The minimum Gasteiger partial charge on any atom is -0.870 e. The van der Waals surface area contributed by atoms with Gasteiger partial charge in [-0.15, -0.1) is 0 Å². The van der Waals surface area contributed by atoms with Crippen LogP contribution in [0.1, 0.15) is 5.56 Å². The summed E-state index contributed by atoms with van der Waals surface area (Å²) in [6.07, 6.45) is 1.53. The largest absolute Gasteiger partial charge is 2.00 e. The van der Waals surface area contributed by atoms with Crippen LogP contribution >= 0.6 is 12.2 Å². The molecule has 0 atom stereocenters. The molecule has 8 heteroatoms. The fourth-order valence-electron chi connectivity index (χ4n) is 1.67. The van der Waals surface area contributed by atoms with Gasteiger partial charge in [-0.25, -0.2) is 0 Å². The third-order valence-corrected chi connectivity index (χ3v) is 2.87. The number of rotatable bonds is 4. The number of nitrogens with zero attached hydrogens (tertiary/aromatic N) is 1. The van der Waals surface area contributed by atoms with E-state index >= 15 is 0 Å². The summed E-state index contributed by atoms with van der Waals surface area (Å²) in [5.41, 5.74) is 4.24. The van der Waals surface area contributed by atoms with Crippen molar-refractivity contribution in [1.29, 1.82) is 0 Å². The molecule has 0 aliphatic carbocycles. The molecule has 2 rings (SSSR count). The van der Waals surface area contributed by atoms with Gasteiger partial charge in [-0.2, -0.15) is 5.10 Å². The van der Waals surface area contributed by atoms with E-state index in [1.165, 1.54) is 13.3 Å². The molecule has 0 heterocycles. The molecule has 0 aromatic heterocycles. The molecular weight excluding hydrogens is 361 g/mol. The Morgan fingerprint density at radius 2 is 1.87 bits per heavy atom. The average molecular weight is 378 g/mol. The summed E-state index contributed by atoms with van der Waals surface area (Å²) in [6.45, 7) is 0. The van der Waals surface area contributed by atoms with E-state index in [1.807, 2.05) is 30.3 Å². The van der Waals surface area contributed by atoms with Crippen molar-refractivity contribution in [2.75, 3.05) is 12.4 Å². The van der Waals surface area contributed by atoms with Gasteiger partial charge in [0.05, 0.1) is 18.9 Å². The van der Waals surface area contributed by atoms with Gasteiger partial charge in [0.25, 0.3) is 0 Å². The van der Waals surface area contributed by atoms with Crippen molar-refractivity contribution in [2.24, 2.45) is 5.10 Å². The summed E-state index contributed by atoms with van der Waals surface area (Å²) >= 11 is 5.13. The third-order valence-electron chi connectivity index (χ3n) is 2.68. The molecule has 0 amide bonds. The minimum absolute atomic E-state index is 0. The Morgan fingerprint density at radius 1 is 1.17 bits per heavy atom. The van der Waals surface area contributed by atoms with Crippen molar-refractivity contribution in [1.82, 2.24) is 5.43 Å². The summed E-state index contributed by atoms with van der Waals surface area (Å²) in [5.74, 6) is 0.788. The first-order valence-corrected chi connectivity index (χ1v) is 6.65. The molecule has 0 saturated heterocycles. The monoisotopic (exact) mass is 378 g/mol. The molecular formula is C15H17CoN3O3S+2. The summed E-state index contributed by atoms with van der Waals surface area (Å²) < 4.78 is 5.08. The van der Waals surface area contributed by atoms with Crippen molar-refractivity contribution in [2.45, 2.75) is 0 Å². The van der Waals surface area contributed by atoms with Gasteiger partial charge in [0.2, 0.25) is 5.75 Å². The number of nitrogens with one attached hydrogen (secondary N) is 2. The minimum atomic E-state index is 0. The number of hydrogen-bond acceptors (Lipinski definition) is 4. The van der Waals surface area contributed by atoms with Crippen molar-refractivity contribution >= 4 is 29.2 Å². The molecule has 123 valence electrons. The van der Waals surface area contributed by atoms with E-state index in [9.17, 15) is 0 Å². The van der Waals surface area contributed by atoms with E-state index in [-0.39, 0.29) is 28.0 Å². The summed E-state index contributed by atoms with van der Waals surface area (Å²) in [5, 5.41) is 15.3. The van der Waals surface area contributed by atoms with Crippen LogP contribution in [0.2, 0.25) is 0 Å². The molecule has 0 spiro atoms. The van der Waals surface area contributed by atoms with E-state index < -0.39 is 0 Å². The Morgan fingerprint density at radius 3 is 2.52 bits per heavy atom. The summed E-state index contributed by atoms with van der Waals surface area (Å²) in [4.78, 5) is 0. The Balaban J connectivity index is 0.00000242. The van der Waals surface area contributed by atoms with Gasteiger partial charge in [0, 0.05) is 5.69 Å².